The van der Waals surface area contributed by atoms with Gasteiger partial charge in [0.1, 0.15) is 31.3 Å². The molecule has 16 rings (SSSR count). The van der Waals surface area contributed by atoms with Crippen LogP contribution >= 0.6 is 50.7 Å². The monoisotopic (exact) mass is 1990 g/mol. The summed E-state index contributed by atoms with van der Waals surface area (Å²) in [5.74, 6) is -7.30. The topological polar surface area (TPSA) is 433 Å². The van der Waals surface area contributed by atoms with E-state index in [4.69, 9.17) is 70.1 Å². The standard InChI is InChI=1S/C20H20N2O4.C19H19NO4.C19H17NO4.C14H11ClO.C14H12O2.C7H9BO2.C7H5BrO2.C5H9NO3.CH2Cl2/c1-13-5-3-4-6-17(13)14-7-9-15(10-8-14)19(23)22-12-16(21-26-2)11-18(22)20(24)25;2*1-12-4-2-3-5-16(12)13-6-8-14(9-7-13)18(22)20-11-15(21)10-17(20)19(23)24;2*1-10-4-2-3-5-13(10)11-6-8-12(9-7-11)14(15)16;1-6-4-2-3-5-7(6)8(9)10;8-6-3-1-5(2-4-6)7(9)10;7-3-1-4(5(8)9)6-2-3;2-1-3/h3-10,18H,11-12H2,1-2H3,(H,24,25);2-9,15,17,21H,10-11H2,1H3,(H,23,24);2-9,17H,10-11H2,1H3,(H,23,24);2-9H,1H3;2-9H,1H3,(H,15,16);2-5,9-10H,1H3;1-4H,(H,9,10);3-4,6-7H,1-2H2,(H,8,9);1H2/t18-;15-,17+;17-;;;;;3-,4+;/m010....1./s1. The first-order valence-corrected chi connectivity index (χ1v) is 45.4. The normalized spacial score (nSPS) is 16.0. The van der Waals surface area contributed by atoms with Crippen LogP contribution in [0.2, 0.25) is 0 Å². The molecule has 4 saturated heterocycles. The number of β-amino-alcohol motifs (C(OH)–C–C–N with tert-alkyl or cyclic N) is 2. The molecule has 0 radical (unpaired) electrons. The Kier molecular flexibility index (Phi) is 42.7. The van der Waals surface area contributed by atoms with Gasteiger partial charge in [0, 0.05) is 65.5 Å². The first-order valence-electron chi connectivity index (χ1n) is 43.1. The van der Waals surface area contributed by atoms with Gasteiger partial charge in [0.25, 0.3) is 23.0 Å². The Morgan fingerprint density at radius 3 is 0.978 bits per heavy atom. The number of carboxylic acid groups (broad SMARTS) is 6. The first kappa shape index (κ1) is 109. The summed E-state index contributed by atoms with van der Waals surface area (Å²) < 4.78 is 0.887. The quantitative estimate of drug-likeness (QED) is 0.0175. The van der Waals surface area contributed by atoms with Gasteiger partial charge in [-0.25, -0.2) is 24.0 Å². The molecular weight excluding hydrogens is 1890 g/mol. The first-order chi connectivity index (χ1) is 65.8. The maximum atomic E-state index is 12.8. The van der Waals surface area contributed by atoms with Crippen molar-refractivity contribution in [1.29, 1.82) is 0 Å². The Hall–Kier alpha value is -14.1. The van der Waals surface area contributed by atoms with Gasteiger partial charge in [0.05, 0.1) is 47.5 Å². The minimum Gasteiger partial charge on any atom is -0.480 e. The fourth-order valence-electron chi connectivity index (χ4n) is 15.0. The van der Waals surface area contributed by atoms with E-state index in [1.165, 1.54) is 33.6 Å². The van der Waals surface area contributed by atoms with Gasteiger partial charge >= 0.3 is 42.9 Å². The van der Waals surface area contributed by atoms with Gasteiger partial charge in [-0.3, -0.25) is 28.8 Å². The zero-order valence-corrected chi connectivity index (χ0v) is 80.1. The highest BCUT2D eigenvalue weighted by Gasteiger charge is 2.42. The summed E-state index contributed by atoms with van der Waals surface area (Å²) in [4.78, 5) is 134. The van der Waals surface area contributed by atoms with Crippen LogP contribution in [0.5, 0.6) is 0 Å². The lowest BCUT2D eigenvalue weighted by molar-refractivity contribution is -0.142. The molecule has 138 heavy (non-hydrogen) atoms. The van der Waals surface area contributed by atoms with Crippen molar-refractivity contribution in [3.05, 3.63) is 362 Å². The lowest BCUT2D eigenvalue weighted by Crippen LogP contribution is -2.40. The zero-order chi connectivity index (χ0) is 101. The number of aromatic carboxylic acids is 2. The van der Waals surface area contributed by atoms with Crippen molar-refractivity contribution in [3.8, 4) is 55.6 Å². The smallest absolute Gasteiger partial charge is 0.480 e. The highest BCUT2D eigenvalue weighted by Crippen LogP contribution is 2.32. The number of carbonyl (C=O) groups excluding carboxylic acids is 5. The Bertz CT molecular complexity index is 6140. The Morgan fingerprint density at radius 2 is 0.696 bits per heavy atom. The van der Waals surface area contributed by atoms with Crippen molar-refractivity contribution in [2.24, 2.45) is 5.16 Å². The molecule has 4 heterocycles. The summed E-state index contributed by atoms with van der Waals surface area (Å²) in [6.45, 7) is 12.5. The van der Waals surface area contributed by atoms with Crippen molar-refractivity contribution < 1.29 is 108 Å². The summed E-state index contributed by atoms with van der Waals surface area (Å²) >= 11 is 18.1. The molecule has 0 aliphatic carbocycles. The van der Waals surface area contributed by atoms with Gasteiger partial charge in [-0.2, -0.15) is 0 Å². The number of nitrogens with zero attached hydrogens (tertiary/aromatic N) is 4. The predicted octanol–water partition coefficient (Wildman–Crippen LogP) is 17.3. The maximum absolute atomic E-state index is 12.8. The largest absolute Gasteiger partial charge is 0.488 e. The van der Waals surface area contributed by atoms with Gasteiger partial charge < -0.3 is 75.8 Å². The molecule has 4 aliphatic heterocycles. The van der Waals surface area contributed by atoms with Gasteiger partial charge in [-0.1, -0.05) is 233 Å². The number of alkyl halides is 2. The van der Waals surface area contributed by atoms with Crippen molar-refractivity contribution in [2.45, 2.75) is 104 Å². The van der Waals surface area contributed by atoms with Crippen LogP contribution in [-0.2, 0) is 28.8 Å². The SMILES string of the molecule is CON=C1C[C@@H](C(=O)O)N(C(=O)c2ccc(-c3ccccc3C)cc2)C1.Cc1ccccc1-c1ccc(C(=O)Cl)cc1.Cc1ccccc1-c1ccc(C(=O)N2CC(=O)C[C@H]2C(=O)O)cc1.Cc1ccccc1-c1ccc(C(=O)N2C[C@H](O)C[C@H]2C(=O)O)cc1.Cc1ccccc1-c1ccc(C(=O)O)cc1.Cc1ccccc1B(O)O.ClCCl.O=C(O)[C@@H]1C[C@@H](O)CN1.O=C(O)c1ccc(Br)cc1. The Morgan fingerprint density at radius 1 is 0.391 bits per heavy atom. The molecule has 12 aromatic rings. The van der Waals surface area contributed by atoms with Crippen LogP contribution in [-0.4, -0.2) is 218 Å². The fraction of sp³-hybridized carbons (Fsp3) is 0.208. The van der Waals surface area contributed by atoms with Crippen LogP contribution in [0.3, 0.4) is 0 Å². The number of aliphatic hydroxyl groups is 2. The number of nitrogens with one attached hydrogen (secondary N) is 1. The van der Waals surface area contributed by atoms with Gasteiger partial charge in [0.15, 0.2) is 5.78 Å². The lowest BCUT2D eigenvalue weighted by atomic mass is 9.77. The number of benzene rings is 12. The van der Waals surface area contributed by atoms with E-state index >= 15 is 0 Å². The van der Waals surface area contributed by atoms with Crippen LogP contribution in [0, 0.1) is 41.5 Å². The molecule has 11 N–H and O–H groups in total. The second kappa shape index (κ2) is 54.0. The number of halogens is 4. The second-order valence-corrected chi connectivity index (χ2v) is 34.0. The number of likely N-dealkylation sites (tertiary alicyclic amines) is 3. The molecule has 716 valence electrons. The summed E-state index contributed by atoms with van der Waals surface area (Å²) in [7, 11) is 0.0542. The van der Waals surface area contributed by atoms with E-state index in [-0.39, 0.29) is 61.8 Å². The van der Waals surface area contributed by atoms with Gasteiger partial charge in [-0.05, 0) is 227 Å². The minimum absolute atomic E-state index is 0.0509. The number of aliphatic carboxylic acids is 4. The number of amides is 3. The van der Waals surface area contributed by atoms with E-state index in [9.17, 15) is 73.2 Å². The molecule has 0 unspecified atom stereocenters. The fourth-order valence-corrected chi connectivity index (χ4v) is 15.4. The van der Waals surface area contributed by atoms with Crippen molar-refractivity contribution >= 4 is 134 Å². The summed E-state index contributed by atoms with van der Waals surface area (Å²) in [5.41, 5.74) is 21.0. The number of rotatable bonds is 17. The number of aryl methyl sites for hydroxylation is 6. The summed E-state index contributed by atoms with van der Waals surface area (Å²) in [5, 5.41) is 95.7. The van der Waals surface area contributed by atoms with E-state index in [1.54, 1.807) is 97.1 Å². The molecule has 32 heteroatoms. The molecule has 12 aromatic carbocycles. The zero-order valence-electron chi connectivity index (χ0n) is 76.3. The number of Topliss-reactive ketones (excluding diaryl/α,β-unsaturated/α-hetero) is 1. The second-order valence-electron chi connectivity index (χ2n) is 31.9. The molecule has 6 atom stereocenters. The van der Waals surface area contributed by atoms with E-state index in [0.717, 1.165) is 81.7 Å². The van der Waals surface area contributed by atoms with E-state index in [0.29, 0.717) is 57.5 Å². The maximum Gasteiger partial charge on any atom is 0.488 e. The van der Waals surface area contributed by atoms with E-state index in [1.807, 2.05) is 217 Å². The third kappa shape index (κ3) is 32.0. The van der Waals surface area contributed by atoms with Gasteiger partial charge in [0.2, 0.25) is 0 Å². The average Bonchev–Trinajstić information content (AvgIpc) is 1.63. The van der Waals surface area contributed by atoms with Gasteiger partial charge in [-0.15, -0.1) is 23.2 Å². The average molecular weight is 2000 g/mol. The molecule has 4 aliphatic rings. The Balaban J connectivity index is 0.000000197. The number of carbonyl (C=O) groups is 11. The lowest BCUT2D eigenvalue weighted by Gasteiger charge is -2.21. The molecule has 0 bridgehead atoms. The number of aliphatic hydroxyl groups excluding tert-OH is 2. The number of hydrogen-bond donors (Lipinski definition) is 11. The molecule has 0 spiro atoms. The molecule has 4 fully saturated rings. The highest BCUT2D eigenvalue weighted by atomic mass is 79.9. The van der Waals surface area contributed by atoms with Crippen LogP contribution in [0.4, 0.5) is 0 Å². The Labute approximate surface area is 822 Å². The van der Waals surface area contributed by atoms with E-state index in [2.05, 4.69) is 45.5 Å². The number of oxime groups is 1. The molecular formula is C106H104BBrCl3N5O22. The van der Waals surface area contributed by atoms with Crippen molar-refractivity contribution in [2.75, 3.05) is 38.6 Å². The molecule has 3 amide bonds. The minimum atomic E-state index is -1.35. The van der Waals surface area contributed by atoms with Crippen molar-refractivity contribution in [3.63, 3.8) is 0 Å². The highest BCUT2D eigenvalue weighted by molar-refractivity contribution is 9.10. The van der Waals surface area contributed by atoms with E-state index < -0.39 is 90.5 Å². The number of carboxylic acids is 6. The molecule has 0 saturated carbocycles. The van der Waals surface area contributed by atoms with Crippen LogP contribution in [0.1, 0.15) is 121 Å². The number of ketones is 1. The van der Waals surface area contributed by atoms with Crippen LogP contribution in [0.15, 0.2) is 301 Å². The summed E-state index contributed by atoms with van der Waals surface area (Å²) in [6, 6.07) is 85.9. The number of hydrogen-bond acceptors (Lipinski definition) is 18. The third-order valence-corrected chi connectivity index (χ3v) is 23.1. The van der Waals surface area contributed by atoms with Crippen molar-refractivity contribution in [1.82, 2.24) is 20.0 Å². The molecule has 0 aromatic heterocycles. The van der Waals surface area contributed by atoms with Crippen LogP contribution < -0.4 is 10.8 Å². The predicted molar refractivity (Wildman–Crippen MR) is 536 cm³/mol. The summed E-state index contributed by atoms with van der Waals surface area (Å²) in [6.07, 6.45) is -0.816. The molecule has 27 nitrogen and oxygen atoms in total. The van der Waals surface area contributed by atoms with Crippen LogP contribution in [0.25, 0.3) is 55.6 Å². The third-order valence-electron chi connectivity index (χ3n) is 22.3.